The fourth-order valence-corrected chi connectivity index (χ4v) is 3.86. The van der Waals surface area contributed by atoms with E-state index in [4.69, 9.17) is 18.6 Å². The number of carbonyl (C=O) groups is 1. The second-order valence-corrected chi connectivity index (χ2v) is 7.82. The summed E-state index contributed by atoms with van der Waals surface area (Å²) in [5.41, 5.74) is 2.48. The van der Waals surface area contributed by atoms with Crippen LogP contribution in [-0.2, 0) is 17.8 Å². The van der Waals surface area contributed by atoms with Crippen LogP contribution in [0.4, 0.5) is 0 Å². The Morgan fingerprint density at radius 3 is 2.76 bits per heavy atom. The zero-order chi connectivity index (χ0) is 23.5. The summed E-state index contributed by atoms with van der Waals surface area (Å²) in [5.74, 6) is 0.744. The summed E-state index contributed by atoms with van der Waals surface area (Å²) in [5, 5.41) is 0.409. The second-order valence-electron chi connectivity index (χ2n) is 7.82. The van der Waals surface area contributed by atoms with Crippen molar-refractivity contribution in [2.45, 2.75) is 20.0 Å². The van der Waals surface area contributed by atoms with Gasteiger partial charge in [0.15, 0.2) is 0 Å². The quantitative estimate of drug-likeness (QED) is 0.390. The fourth-order valence-electron chi connectivity index (χ4n) is 3.86. The molecule has 5 rings (SSSR count). The molecule has 2 aromatic heterocycles. The number of rotatable bonds is 6. The number of fused-ring (bicyclic) bond motifs is 3. The average Bonchev–Trinajstić information content (AvgIpc) is 2.87. The van der Waals surface area contributed by atoms with Crippen molar-refractivity contribution in [1.29, 1.82) is 0 Å². The number of benzene rings is 2. The van der Waals surface area contributed by atoms with Crippen molar-refractivity contribution < 1.29 is 23.4 Å². The van der Waals surface area contributed by atoms with Crippen LogP contribution in [-0.4, -0.2) is 29.2 Å². The fraction of sp³-hybridized carbons (Fsp3) is 0.192. The topological polar surface area (TPSA) is 91.1 Å². The van der Waals surface area contributed by atoms with Gasteiger partial charge in [0.25, 0.3) is 0 Å². The smallest absolute Gasteiger partial charge is 0.338 e. The number of ether oxygens (including phenoxy) is 3. The second kappa shape index (κ2) is 9.36. The Hall–Kier alpha value is -4.17. The van der Waals surface area contributed by atoms with Gasteiger partial charge >= 0.3 is 5.97 Å². The molecule has 0 N–H and O–H groups in total. The number of hydrogen-bond donors (Lipinski definition) is 0. The third kappa shape index (κ3) is 4.35. The maximum Gasteiger partial charge on any atom is 0.338 e. The molecule has 1 aliphatic rings. The van der Waals surface area contributed by atoms with E-state index in [0.717, 1.165) is 11.1 Å². The van der Waals surface area contributed by atoms with E-state index in [2.05, 4.69) is 9.88 Å². The van der Waals surface area contributed by atoms with E-state index >= 15 is 0 Å². The van der Waals surface area contributed by atoms with Gasteiger partial charge in [-0.3, -0.25) is 14.7 Å². The van der Waals surface area contributed by atoms with Crippen molar-refractivity contribution in [3.05, 3.63) is 94.1 Å². The summed E-state index contributed by atoms with van der Waals surface area (Å²) in [6.45, 7) is 3.71. The van der Waals surface area contributed by atoms with Crippen molar-refractivity contribution in [3.63, 3.8) is 0 Å². The molecule has 0 spiro atoms. The summed E-state index contributed by atoms with van der Waals surface area (Å²) < 4.78 is 22.5. The van der Waals surface area contributed by atoms with Crippen molar-refractivity contribution in [2.24, 2.45) is 0 Å². The van der Waals surface area contributed by atoms with Gasteiger partial charge < -0.3 is 18.6 Å². The van der Waals surface area contributed by atoms with E-state index in [1.54, 1.807) is 49.5 Å². The normalized spacial score (nSPS) is 13.2. The predicted molar refractivity (Wildman–Crippen MR) is 124 cm³/mol. The third-order valence-electron chi connectivity index (χ3n) is 5.48. The number of hydrogen-bond acceptors (Lipinski definition) is 8. The number of aromatic nitrogens is 1. The summed E-state index contributed by atoms with van der Waals surface area (Å²) >= 11 is 0. The highest BCUT2D eigenvalue weighted by Gasteiger charge is 2.23. The highest BCUT2D eigenvalue weighted by atomic mass is 16.5. The summed E-state index contributed by atoms with van der Waals surface area (Å²) in [6.07, 6.45) is 4.87. The van der Waals surface area contributed by atoms with Crippen LogP contribution in [0.1, 0.15) is 28.4 Å². The van der Waals surface area contributed by atoms with Crippen molar-refractivity contribution in [2.75, 3.05) is 13.3 Å². The minimum absolute atomic E-state index is 0.0558. The molecule has 1 aliphatic heterocycles. The van der Waals surface area contributed by atoms with Crippen LogP contribution in [0.25, 0.3) is 11.0 Å². The van der Waals surface area contributed by atoms with Crippen molar-refractivity contribution >= 4 is 16.9 Å². The largest absolute Gasteiger partial charge is 0.478 e. The van der Waals surface area contributed by atoms with E-state index in [9.17, 15) is 9.59 Å². The lowest BCUT2D eigenvalue weighted by Gasteiger charge is -2.29. The molecule has 172 valence electrons. The Kier molecular flexibility index (Phi) is 5.97. The molecule has 8 heteroatoms. The summed E-state index contributed by atoms with van der Waals surface area (Å²) in [4.78, 5) is 31.2. The molecule has 2 aromatic carbocycles. The molecule has 0 fully saturated rings. The molecular formula is C26H22N2O6. The van der Waals surface area contributed by atoms with Gasteiger partial charge in [-0.05, 0) is 55.0 Å². The third-order valence-corrected chi connectivity index (χ3v) is 5.48. The summed E-state index contributed by atoms with van der Waals surface area (Å²) in [6, 6.07) is 13.8. The highest BCUT2D eigenvalue weighted by Crippen LogP contribution is 2.33. The first-order valence-corrected chi connectivity index (χ1v) is 10.9. The number of pyridine rings is 1. The van der Waals surface area contributed by atoms with Gasteiger partial charge in [0.1, 0.15) is 30.1 Å². The molecule has 8 nitrogen and oxygen atoms in total. The van der Waals surface area contributed by atoms with E-state index in [1.165, 1.54) is 6.26 Å². The molecule has 0 saturated heterocycles. The Balaban J connectivity index is 1.39. The molecule has 0 amide bonds. The van der Waals surface area contributed by atoms with Crippen LogP contribution in [0.2, 0.25) is 0 Å². The minimum Gasteiger partial charge on any atom is -0.478 e. The molecule has 34 heavy (non-hydrogen) atoms. The minimum atomic E-state index is -0.413. The van der Waals surface area contributed by atoms with Gasteiger partial charge in [0.2, 0.25) is 11.2 Å². The lowest BCUT2D eigenvalue weighted by molar-refractivity contribution is 0.0526. The summed E-state index contributed by atoms with van der Waals surface area (Å²) in [7, 11) is 0. The number of nitrogens with zero attached hydrogens (tertiary/aromatic N) is 2. The van der Waals surface area contributed by atoms with Gasteiger partial charge in [0.05, 0.1) is 23.1 Å². The molecule has 0 atom stereocenters. The molecule has 0 radical (unpaired) electrons. The molecule has 0 aliphatic carbocycles. The van der Waals surface area contributed by atoms with Gasteiger partial charge in [0, 0.05) is 25.5 Å². The maximum absolute atomic E-state index is 13.1. The SMILES string of the molecule is CCOC(=O)c1ccc(Oc2coc3c4c(ccc3c2=O)OCN(Cc2cccnc2)C4)cc1. The van der Waals surface area contributed by atoms with E-state index in [-0.39, 0.29) is 11.2 Å². The maximum atomic E-state index is 13.1. The van der Waals surface area contributed by atoms with E-state index in [1.807, 2.05) is 18.3 Å². The Morgan fingerprint density at radius 1 is 1.15 bits per heavy atom. The highest BCUT2D eigenvalue weighted by molar-refractivity contribution is 5.89. The first-order valence-electron chi connectivity index (χ1n) is 10.9. The van der Waals surface area contributed by atoms with Crippen LogP contribution < -0.4 is 14.9 Å². The standard InChI is InChI=1S/C26H22N2O6/c1-2-31-26(30)18-5-7-19(8-6-18)34-23-15-32-25-20(24(23)29)9-10-22-21(25)14-28(16-33-22)13-17-4-3-11-27-12-17/h3-12,15H,2,13-14,16H2,1H3. The van der Waals surface area contributed by atoms with E-state index in [0.29, 0.717) is 54.5 Å². The molecule has 0 unspecified atom stereocenters. The molecule has 4 aromatic rings. The van der Waals surface area contributed by atoms with Crippen LogP contribution >= 0.6 is 0 Å². The Bertz CT molecular complexity index is 1380. The van der Waals surface area contributed by atoms with Crippen LogP contribution in [0, 0.1) is 0 Å². The zero-order valence-corrected chi connectivity index (χ0v) is 18.5. The van der Waals surface area contributed by atoms with Crippen LogP contribution in [0.3, 0.4) is 0 Å². The lowest BCUT2D eigenvalue weighted by Crippen LogP contribution is -2.31. The van der Waals surface area contributed by atoms with Gasteiger partial charge in [-0.25, -0.2) is 4.79 Å². The van der Waals surface area contributed by atoms with Crippen molar-refractivity contribution in [3.8, 4) is 17.2 Å². The molecule has 0 bridgehead atoms. The van der Waals surface area contributed by atoms with Crippen molar-refractivity contribution in [1.82, 2.24) is 9.88 Å². The first-order chi connectivity index (χ1) is 16.6. The monoisotopic (exact) mass is 458 g/mol. The van der Waals surface area contributed by atoms with Crippen LogP contribution in [0.5, 0.6) is 17.2 Å². The lowest BCUT2D eigenvalue weighted by atomic mass is 10.1. The predicted octanol–water partition coefficient (Wildman–Crippen LogP) is 4.51. The first kappa shape index (κ1) is 21.7. The Morgan fingerprint density at radius 2 is 2.00 bits per heavy atom. The number of esters is 1. The van der Waals surface area contributed by atoms with E-state index < -0.39 is 5.97 Å². The van der Waals surface area contributed by atoms with Crippen LogP contribution in [0.15, 0.2) is 76.4 Å². The Labute approximate surface area is 195 Å². The molecule has 0 saturated carbocycles. The molecular weight excluding hydrogens is 436 g/mol. The number of carbonyl (C=O) groups excluding carboxylic acids is 1. The van der Waals surface area contributed by atoms with Gasteiger partial charge in [-0.2, -0.15) is 0 Å². The van der Waals surface area contributed by atoms with Gasteiger partial charge in [-0.15, -0.1) is 0 Å². The average molecular weight is 458 g/mol. The van der Waals surface area contributed by atoms with Gasteiger partial charge in [-0.1, -0.05) is 6.07 Å². The molecule has 3 heterocycles. The zero-order valence-electron chi connectivity index (χ0n) is 18.5.